The van der Waals surface area contributed by atoms with Gasteiger partial charge in [-0.2, -0.15) is 5.26 Å². The molecule has 5 N–H and O–H groups in total. The van der Waals surface area contributed by atoms with Gasteiger partial charge >= 0.3 is 0 Å². The van der Waals surface area contributed by atoms with Crippen LogP contribution in [0.2, 0.25) is 0 Å². The van der Waals surface area contributed by atoms with Crippen LogP contribution in [-0.4, -0.2) is 11.7 Å². The zero-order valence-corrected chi connectivity index (χ0v) is 7.07. The summed E-state index contributed by atoms with van der Waals surface area (Å²) in [6.07, 6.45) is 0. The van der Waals surface area contributed by atoms with Crippen LogP contribution in [0.15, 0.2) is 18.2 Å². The van der Waals surface area contributed by atoms with E-state index in [-0.39, 0.29) is 17.9 Å². The molecule has 0 saturated heterocycles. The molecular weight excluding hydrogens is 166 g/mol. The predicted octanol–water partition coefficient (Wildman–Crippen LogP) is 0.222. The quantitative estimate of drug-likeness (QED) is 0.602. The highest BCUT2D eigenvalue weighted by Crippen LogP contribution is 2.25. The van der Waals surface area contributed by atoms with Gasteiger partial charge in [0.05, 0.1) is 5.56 Å². The molecule has 0 aliphatic heterocycles. The van der Waals surface area contributed by atoms with Crippen LogP contribution in [0.3, 0.4) is 0 Å². The fraction of sp³-hybridized carbons (Fsp3) is 0.222. The van der Waals surface area contributed by atoms with E-state index in [1.807, 2.05) is 6.07 Å². The third-order valence-electron chi connectivity index (χ3n) is 1.84. The van der Waals surface area contributed by atoms with Gasteiger partial charge < -0.3 is 16.6 Å². The first-order valence-corrected chi connectivity index (χ1v) is 3.88. The molecule has 1 rings (SSSR count). The van der Waals surface area contributed by atoms with Crippen LogP contribution in [0.1, 0.15) is 17.2 Å². The molecule has 1 aromatic rings. The van der Waals surface area contributed by atoms with Gasteiger partial charge in [-0.15, -0.1) is 0 Å². The molecule has 4 heteroatoms. The maximum absolute atomic E-state index is 9.53. The molecule has 1 atom stereocenters. The summed E-state index contributed by atoms with van der Waals surface area (Å²) >= 11 is 0. The smallest absolute Gasteiger partial charge is 0.138 e. The molecule has 0 amide bonds. The van der Waals surface area contributed by atoms with Crippen LogP contribution in [-0.2, 0) is 0 Å². The van der Waals surface area contributed by atoms with Crippen molar-refractivity contribution in [3.05, 3.63) is 29.3 Å². The molecule has 0 fully saturated rings. The van der Waals surface area contributed by atoms with E-state index in [2.05, 4.69) is 0 Å². The van der Waals surface area contributed by atoms with E-state index in [9.17, 15) is 5.11 Å². The molecule has 68 valence electrons. The molecule has 0 bridgehead atoms. The Balaban J connectivity index is 3.17. The number of nitrogens with zero attached hydrogens (tertiary/aromatic N) is 1. The second-order valence-electron chi connectivity index (χ2n) is 2.70. The largest absolute Gasteiger partial charge is 0.506 e. The lowest BCUT2D eigenvalue weighted by atomic mass is 10.0. The Hall–Kier alpha value is -1.57. The number of phenols is 1. The van der Waals surface area contributed by atoms with Gasteiger partial charge in [0, 0.05) is 18.2 Å². The summed E-state index contributed by atoms with van der Waals surface area (Å²) in [5, 5.41) is 18.1. The summed E-state index contributed by atoms with van der Waals surface area (Å²) in [5.41, 5.74) is 11.7. The van der Waals surface area contributed by atoms with Crippen molar-refractivity contribution in [2.24, 2.45) is 11.5 Å². The van der Waals surface area contributed by atoms with Crippen LogP contribution in [0.25, 0.3) is 0 Å². The second-order valence-corrected chi connectivity index (χ2v) is 2.70. The molecule has 0 unspecified atom stereocenters. The molecule has 4 nitrogen and oxygen atoms in total. The van der Waals surface area contributed by atoms with E-state index in [0.717, 1.165) is 0 Å². The standard InChI is InChI=1S/C9H11N3O/c10-4-6-2-1-3-7(9(6)13)8(12)5-11/h1-3,8,13H,5,11-12H2/t8-/m0/s1. The second kappa shape index (κ2) is 3.90. The molecule has 0 saturated carbocycles. The summed E-state index contributed by atoms with van der Waals surface area (Å²) in [5.74, 6) is -0.0667. The van der Waals surface area contributed by atoms with Crippen LogP contribution in [0, 0.1) is 11.3 Å². The minimum Gasteiger partial charge on any atom is -0.506 e. The average molecular weight is 177 g/mol. The van der Waals surface area contributed by atoms with Gasteiger partial charge in [0.1, 0.15) is 11.8 Å². The summed E-state index contributed by atoms with van der Waals surface area (Å²) in [6, 6.07) is 6.31. The highest BCUT2D eigenvalue weighted by atomic mass is 16.3. The van der Waals surface area contributed by atoms with Crippen molar-refractivity contribution < 1.29 is 5.11 Å². The lowest BCUT2D eigenvalue weighted by Gasteiger charge is -2.11. The number of rotatable bonds is 2. The van der Waals surface area contributed by atoms with Crippen LogP contribution >= 0.6 is 0 Å². The fourth-order valence-electron chi connectivity index (χ4n) is 1.08. The summed E-state index contributed by atoms with van der Waals surface area (Å²) < 4.78 is 0. The van der Waals surface area contributed by atoms with Crippen molar-refractivity contribution in [2.45, 2.75) is 6.04 Å². The minimum atomic E-state index is -0.423. The summed E-state index contributed by atoms with van der Waals surface area (Å²) in [6.45, 7) is 0.239. The summed E-state index contributed by atoms with van der Waals surface area (Å²) in [7, 11) is 0. The first-order chi connectivity index (χ1) is 6.20. The van der Waals surface area contributed by atoms with Crippen molar-refractivity contribution in [1.82, 2.24) is 0 Å². The third kappa shape index (κ3) is 1.78. The Kier molecular flexibility index (Phi) is 2.85. The SMILES string of the molecule is N#Cc1cccc([C@@H](N)CN)c1O. The minimum absolute atomic E-state index is 0.0667. The first-order valence-electron chi connectivity index (χ1n) is 3.88. The number of hydrogen-bond acceptors (Lipinski definition) is 4. The van der Waals surface area contributed by atoms with Gasteiger partial charge in [-0.05, 0) is 6.07 Å². The van der Waals surface area contributed by atoms with E-state index in [1.54, 1.807) is 12.1 Å². The number of nitrogens with two attached hydrogens (primary N) is 2. The van der Waals surface area contributed by atoms with E-state index in [4.69, 9.17) is 16.7 Å². The average Bonchev–Trinajstić information content (AvgIpc) is 2.17. The van der Waals surface area contributed by atoms with E-state index < -0.39 is 6.04 Å². The van der Waals surface area contributed by atoms with Crippen LogP contribution in [0.5, 0.6) is 5.75 Å². The van der Waals surface area contributed by atoms with Gasteiger partial charge in [-0.25, -0.2) is 0 Å². The van der Waals surface area contributed by atoms with Gasteiger partial charge in [0.2, 0.25) is 0 Å². The van der Waals surface area contributed by atoms with E-state index >= 15 is 0 Å². The highest BCUT2D eigenvalue weighted by molar-refractivity contribution is 5.48. The van der Waals surface area contributed by atoms with E-state index in [1.165, 1.54) is 6.07 Å². The van der Waals surface area contributed by atoms with Crippen molar-refractivity contribution in [2.75, 3.05) is 6.54 Å². The normalized spacial score (nSPS) is 12.1. The Morgan fingerprint density at radius 3 is 2.77 bits per heavy atom. The summed E-state index contributed by atoms with van der Waals surface area (Å²) in [4.78, 5) is 0. The van der Waals surface area contributed by atoms with Crippen molar-refractivity contribution in [3.8, 4) is 11.8 Å². The van der Waals surface area contributed by atoms with Crippen molar-refractivity contribution >= 4 is 0 Å². The number of nitriles is 1. The van der Waals surface area contributed by atoms with Gasteiger partial charge in [0.25, 0.3) is 0 Å². The lowest BCUT2D eigenvalue weighted by molar-refractivity contribution is 0.460. The zero-order chi connectivity index (χ0) is 9.84. The first kappa shape index (κ1) is 9.52. The van der Waals surface area contributed by atoms with Gasteiger partial charge in [-0.1, -0.05) is 12.1 Å². The maximum atomic E-state index is 9.53. The van der Waals surface area contributed by atoms with Crippen molar-refractivity contribution in [1.29, 1.82) is 5.26 Å². The molecule has 0 aliphatic rings. The number of aromatic hydroxyl groups is 1. The van der Waals surface area contributed by atoms with E-state index in [0.29, 0.717) is 5.56 Å². The Morgan fingerprint density at radius 2 is 2.23 bits per heavy atom. The Morgan fingerprint density at radius 1 is 1.54 bits per heavy atom. The number of phenolic OH excluding ortho intramolecular Hbond substituents is 1. The molecule has 0 aromatic heterocycles. The molecule has 0 spiro atoms. The highest BCUT2D eigenvalue weighted by Gasteiger charge is 2.11. The Labute approximate surface area is 76.4 Å². The zero-order valence-electron chi connectivity index (χ0n) is 7.07. The maximum Gasteiger partial charge on any atom is 0.138 e. The third-order valence-corrected chi connectivity index (χ3v) is 1.84. The van der Waals surface area contributed by atoms with Gasteiger partial charge in [-0.3, -0.25) is 0 Å². The Bertz CT molecular complexity index is 343. The van der Waals surface area contributed by atoms with Crippen LogP contribution < -0.4 is 11.5 Å². The monoisotopic (exact) mass is 177 g/mol. The molecule has 1 aromatic carbocycles. The van der Waals surface area contributed by atoms with Crippen molar-refractivity contribution in [3.63, 3.8) is 0 Å². The number of benzene rings is 1. The lowest BCUT2D eigenvalue weighted by Crippen LogP contribution is -2.20. The molecule has 13 heavy (non-hydrogen) atoms. The van der Waals surface area contributed by atoms with Gasteiger partial charge in [0.15, 0.2) is 0 Å². The molecule has 0 aliphatic carbocycles. The molecular formula is C9H11N3O. The molecule has 0 radical (unpaired) electrons. The topological polar surface area (TPSA) is 96.1 Å². The number of para-hydroxylation sites is 1. The predicted molar refractivity (Wildman–Crippen MR) is 48.8 cm³/mol. The molecule has 0 heterocycles. The van der Waals surface area contributed by atoms with Crippen LogP contribution in [0.4, 0.5) is 0 Å². The fourth-order valence-corrected chi connectivity index (χ4v) is 1.08. The number of hydrogen-bond donors (Lipinski definition) is 3.